The van der Waals surface area contributed by atoms with Crippen LogP contribution in [0.4, 0.5) is 24.8 Å². The van der Waals surface area contributed by atoms with Crippen LogP contribution >= 0.6 is 0 Å². The van der Waals surface area contributed by atoms with Gasteiger partial charge in [0, 0.05) is 25.4 Å². The van der Waals surface area contributed by atoms with Gasteiger partial charge in [0.25, 0.3) is 0 Å². The second kappa shape index (κ2) is 9.65. The summed E-state index contributed by atoms with van der Waals surface area (Å²) in [5, 5.41) is 28.9. The minimum atomic E-state index is -1.67. The maximum absolute atomic E-state index is 15.0. The van der Waals surface area contributed by atoms with Crippen LogP contribution < -0.4 is 16.1 Å². The van der Waals surface area contributed by atoms with E-state index < -0.39 is 63.6 Å². The summed E-state index contributed by atoms with van der Waals surface area (Å²) in [5.74, 6) is -6.82. The van der Waals surface area contributed by atoms with Crippen LogP contribution in [-0.4, -0.2) is 61.1 Å². The highest BCUT2D eigenvalue weighted by atomic mass is 19.1. The molecule has 0 aliphatic rings. The molecule has 0 fully saturated rings. The van der Waals surface area contributed by atoms with Crippen molar-refractivity contribution in [2.75, 3.05) is 23.7 Å². The summed E-state index contributed by atoms with van der Waals surface area (Å²) < 4.78 is 44.0. The summed E-state index contributed by atoms with van der Waals surface area (Å²) >= 11 is 0. The molecule has 3 rings (SSSR count). The molecule has 34 heavy (non-hydrogen) atoms. The topological polar surface area (TPSA) is 155 Å². The lowest BCUT2D eigenvalue weighted by Crippen LogP contribution is -2.40. The van der Waals surface area contributed by atoms with Crippen molar-refractivity contribution in [1.82, 2.24) is 14.5 Å². The Balaban J connectivity index is 2.33. The van der Waals surface area contributed by atoms with Crippen LogP contribution in [0.3, 0.4) is 0 Å². The minimum Gasteiger partial charge on any atom is -0.477 e. The van der Waals surface area contributed by atoms with Crippen LogP contribution in [0, 0.1) is 17.5 Å². The second-order valence-electron chi connectivity index (χ2n) is 7.45. The molecule has 0 saturated carbocycles. The van der Waals surface area contributed by atoms with E-state index in [1.807, 2.05) is 0 Å². The molecule has 3 heterocycles. The normalized spacial score (nSPS) is 13.1. The number of carbonyl (C=O) groups is 1. The Bertz CT molecular complexity index is 1320. The molecule has 5 N–H and O–H groups in total. The Hall–Kier alpha value is -3.71. The summed E-state index contributed by atoms with van der Waals surface area (Å²) in [4.78, 5) is 33.2. The zero-order chi connectivity index (χ0) is 25.3. The number of nitrogens with zero attached hydrogens (tertiary/aromatic N) is 4. The lowest BCUT2D eigenvalue weighted by molar-refractivity contribution is 0.0222. The lowest BCUT2D eigenvalue weighted by atomic mass is 10.1. The molecule has 0 unspecified atom stereocenters. The molecule has 10 nitrogen and oxygen atoms in total. The van der Waals surface area contributed by atoms with E-state index >= 15 is 4.39 Å². The Morgan fingerprint density at radius 3 is 2.38 bits per heavy atom. The van der Waals surface area contributed by atoms with Crippen LogP contribution in [0.25, 0.3) is 16.9 Å². The lowest BCUT2D eigenvalue weighted by Gasteiger charge is -2.27. The number of aliphatic hydroxyl groups is 2. The van der Waals surface area contributed by atoms with Crippen LogP contribution in [0.15, 0.2) is 23.1 Å². The number of halogens is 3. The summed E-state index contributed by atoms with van der Waals surface area (Å²) in [7, 11) is 0. The van der Waals surface area contributed by atoms with Crippen molar-refractivity contribution in [3.63, 3.8) is 0 Å². The zero-order valence-electron chi connectivity index (χ0n) is 18.2. The van der Waals surface area contributed by atoms with Crippen LogP contribution in [0.5, 0.6) is 0 Å². The molecular weight excluding hydrogens is 459 g/mol. The predicted octanol–water partition coefficient (Wildman–Crippen LogP) is 1.44. The fourth-order valence-corrected chi connectivity index (χ4v) is 3.37. The van der Waals surface area contributed by atoms with Gasteiger partial charge in [-0.2, -0.15) is 0 Å². The van der Waals surface area contributed by atoms with Gasteiger partial charge in [-0.25, -0.2) is 27.9 Å². The largest absolute Gasteiger partial charge is 0.477 e. The molecule has 0 bridgehead atoms. The number of carboxylic acids is 1. The number of rotatable bonds is 8. The third-order valence-electron chi connectivity index (χ3n) is 5.26. The number of aromatic carboxylic acids is 1. The van der Waals surface area contributed by atoms with Crippen LogP contribution in [-0.2, 0) is 0 Å². The third kappa shape index (κ3) is 4.52. The van der Waals surface area contributed by atoms with Gasteiger partial charge in [0.2, 0.25) is 5.43 Å². The standard InChI is InChI=1S/C21H22F3N5O5/c1-3-14(30)15(31)8-28(4-2)19-12(23)5-9-16(32)10(21(33)34)7-29(18(9)27-19)20-13(24)6-11(22)17(25)26-20/h5-7,14-15,30-31H,3-4,8H2,1-2H3,(H2,25,26)(H,33,34)/t14-,15+/m0/s1. The quantitative estimate of drug-likeness (QED) is 0.374. The SMILES string of the molecule is CC[C@H](O)[C@H](O)CN(CC)c1nc2c(cc1F)c(=O)c(C(=O)O)cn2-c1nc(N)c(F)cc1F. The summed E-state index contributed by atoms with van der Waals surface area (Å²) in [5.41, 5.74) is 3.13. The van der Waals surface area contributed by atoms with E-state index in [2.05, 4.69) is 9.97 Å². The van der Waals surface area contributed by atoms with Gasteiger partial charge in [-0.1, -0.05) is 6.92 Å². The summed E-state index contributed by atoms with van der Waals surface area (Å²) in [6.45, 7) is 3.16. The number of pyridine rings is 3. The molecule has 0 saturated heterocycles. The molecule has 13 heteroatoms. The van der Waals surface area contributed by atoms with Gasteiger partial charge in [0.1, 0.15) is 5.56 Å². The third-order valence-corrected chi connectivity index (χ3v) is 5.26. The molecule has 0 aliphatic heterocycles. The second-order valence-corrected chi connectivity index (χ2v) is 7.45. The number of carboxylic acid groups (broad SMARTS) is 1. The molecule has 0 radical (unpaired) electrons. The van der Waals surface area contributed by atoms with Crippen molar-refractivity contribution in [2.45, 2.75) is 32.5 Å². The number of nitrogen functional groups attached to an aromatic ring is 1. The molecule has 0 spiro atoms. The Labute approximate surface area is 190 Å². The average Bonchev–Trinajstić information content (AvgIpc) is 2.79. The first-order valence-corrected chi connectivity index (χ1v) is 10.2. The molecule has 0 amide bonds. The van der Waals surface area contributed by atoms with Crippen molar-refractivity contribution in [2.24, 2.45) is 0 Å². The highest BCUT2D eigenvalue weighted by Crippen LogP contribution is 2.25. The average molecular weight is 481 g/mol. The van der Waals surface area contributed by atoms with Crippen molar-refractivity contribution in [3.8, 4) is 5.82 Å². The van der Waals surface area contributed by atoms with Gasteiger partial charge in [-0.3, -0.25) is 9.36 Å². The molecular formula is C21H22F3N5O5. The van der Waals surface area contributed by atoms with Gasteiger partial charge < -0.3 is 26.0 Å². The van der Waals surface area contributed by atoms with Crippen molar-refractivity contribution in [1.29, 1.82) is 0 Å². The number of aromatic nitrogens is 3. The van der Waals surface area contributed by atoms with E-state index in [-0.39, 0.29) is 31.0 Å². The summed E-state index contributed by atoms with van der Waals surface area (Å²) in [6, 6.07) is 1.16. The monoisotopic (exact) mass is 481 g/mol. The van der Waals surface area contributed by atoms with E-state index in [1.165, 1.54) is 4.90 Å². The number of hydrogen-bond donors (Lipinski definition) is 4. The first-order valence-electron chi connectivity index (χ1n) is 10.2. The number of anilines is 2. The smallest absolute Gasteiger partial charge is 0.341 e. The molecule has 3 aromatic rings. The van der Waals surface area contributed by atoms with E-state index in [9.17, 15) is 33.7 Å². The number of hydrogen-bond acceptors (Lipinski definition) is 8. The molecule has 182 valence electrons. The number of fused-ring (bicyclic) bond motifs is 1. The molecule has 2 atom stereocenters. The van der Waals surface area contributed by atoms with Gasteiger partial charge >= 0.3 is 5.97 Å². The van der Waals surface area contributed by atoms with E-state index in [4.69, 9.17) is 5.73 Å². The first-order chi connectivity index (χ1) is 16.0. The Kier molecular flexibility index (Phi) is 7.07. The first kappa shape index (κ1) is 24.9. The van der Waals surface area contributed by atoms with Gasteiger partial charge in [-0.05, 0) is 19.4 Å². The highest BCUT2D eigenvalue weighted by molar-refractivity contribution is 5.92. The number of aliphatic hydroxyl groups excluding tert-OH is 2. The predicted molar refractivity (Wildman–Crippen MR) is 117 cm³/mol. The van der Waals surface area contributed by atoms with Gasteiger partial charge in [0.15, 0.2) is 40.6 Å². The Morgan fingerprint density at radius 2 is 1.79 bits per heavy atom. The van der Waals surface area contributed by atoms with Crippen molar-refractivity contribution in [3.05, 3.63) is 51.6 Å². The van der Waals surface area contributed by atoms with E-state index in [0.29, 0.717) is 6.07 Å². The zero-order valence-corrected chi connectivity index (χ0v) is 18.2. The summed E-state index contributed by atoms with van der Waals surface area (Å²) in [6.07, 6.45) is -1.37. The van der Waals surface area contributed by atoms with Crippen LogP contribution in [0.1, 0.15) is 30.6 Å². The Morgan fingerprint density at radius 1 is 1.12 bits per heavy atom. The van der Waals surface area contributed by atoms with Gasteiger partial charge in [0.05, 0.1) is 17.6 Å². The fourth-order valence-electron chi connectivity index (χ4n) is 3.37. The van der Waals surface area contributed by atoms with Crippen molar-refractivity contribution < 1.29 is 33.3 Å². The number of likely N-dealkylation sites (N-methyl/N-ethyl adjacent to an activating group) is 1. The maximum atomic E-state index is 15.0. The van der Waals surface area contributed by atoms with Crippen LogP contribution in [0.2, 0.25) is 0 Å². The van der Waals surface area contributed by atoms with E-state index in [0.717, 1.165) is 16.8 Å². The fraction of sp³-hybridized carbons (Fsp3) is 0.333. The minimum absolute atomic E-state index is 0.121. The van der Waals surface area contributed by atoms with Gasteiger partial charge in [-0.15, -0.1) is 0 Å². The molecule has 3 aromatic heterocycles. The molecule has 0 aliphatic carbocycles. The maximum Gasteiger partial charge on any atom is 0.341 e. The highest BCUT2D eigenvalue weighted by Gasteiger charge is 2.25. The van der Waals surface area contributed by atoms with E-state index in [1.54, 1.807) is 13.8 Å². The molecule has 0 aromatic carbocycles. The number of nitrogens with two attached hydrogens (primary N) is 1. The van der Waals surface area contributed by atoms with Crippen molar-refractivity contribution >= 4 is 28.6 Å².